The van der Waals surface area contributed by atoms with E-state index in [9.17, 15) is 9.59 Å². The summed E-state index contributed by atoms with van der Waals surface area (Å²) in [5.74, 6) is 0.736. The monoisotopic (exact) mass is 221 g/mol. The number of H-pyrrole nitrogens is 1. The Hall–Kier alpha value is -1.83. The van der Waals surface area contributed by atoms with Crippen molar-refractivity contribution in [2.24, 2.45) is 11.8 Å². The second-order valence-electron chi connectivity index (χ2n) is 4.29. The van der Waals surface area contributed by atoms with Crippen LogP contribution in [-0.2, 0) is 6.54 Å². The fourth-order valence-corrected chi connectivity index (χ4v) is 1.25. The van der Waals surface area contributed by atoms with Gasteiger partial charge in [-0.2, -0.15) is 5.26 Å². The number of aromatic amines is 1. The van der Waals surface area contributed by atoms with E-state index < -0.39 is 11.2 Å². The zero-order chi connectivity index (χ0) is 12.3. The van der Waals surface area contributed by atoms with Crippen molar-refractivity contribution in [3.05, 3.63) is 32.6 Å². The first-order valence-electron chi connectivity index (χ1n) is 5.19. The second-order valence-corrected chi connectivity index (χ2v) is 4.29. The van der Waals surface area contributed by atoms with E-state index in [4.69, 9.17) is 5.26 Å². The molecule has 1 rings (SSSR count). The fourth-order valence-electron chi connectivity index (χ4n) is 1.25. The molecule has 0 saturated heterocycles. The van der Waals surface area contributed by atoms with E-state index in [0.717, 1.165) is 0 Å². The fraction of sp³-hybridized carbons (Fsp3) is 0.545. The molecule has 0 fully saturated rings. The average molecular weight is 221 g/mol. The molecule has 1 aromatic heterocycles. The number of nitrogens with one attached hydrogen (secondary N) is 1. The van der Waals surface area contributed by atoms with Crippen LogP contribution in [0, 0.1) is 23.2 Å². The molecule has 86 valence electrons. The SMILES string of the molecule is CC(C)C(C)Cn1cc(C#N)c(=O)[nH]c1=O. The molecule has 0 aliphatic heterocycles. The van der Waals surface area contributed by atoms with Crippen LogP contribution in [0.3, 0.4) is 0 Å². The van der Waals surface area contributed by atoms with Crippen molar-refractivity contribution in [3.63, 3.8) is 0 Å². The summed E-state index contributed by atoms with van der Waals surface area (Å²) >= 11 is 0. The predicted octanol–water partition coefficient (Wildman–Crippen LogP) is 0.700. The van der Waals surface area contributed by atoms with Crippen molar-refractivity contribution < 1.29 is 0 Å². The molecule has 1 heterocycles. The van der Waals surface area contributed by atoms with Crippen molar-refractivity contribution >= 4 is 0 Å². The highest BCUT2D eigenvalue weighted by Crippen LogP contribution is 2.10. The van der Waals surface area contributed by atoms with Crippen LogP contribution in [0.15, 0.2) is 15.8 Å². The van der Waals surface area contributed by atoms with E-state index >= 15 is 0 Å². The van der Waals surface area contributed by atoms with E-state index in [0.29, 0.717) is 18.4 Å². The second kappa shape index (κ2) is 4.79. The molecule has 0 saturated carbocycles. The van der Waals surface area contributed by atoms with Gasteiger partial charge in [-0.1, -0.05) is 20.8 Å². The lowest BCUT2D eigenvalue weighted by molar-refractivity contribution is 0.357. The van der Waals surface area contributed by atoms with Gasteiger partial charge in [0, 0.05) is 12.7 Å². The molecule has 5 heteroatoms. The van der Waals surface area contributed by atoms with Crippen molar-refractivity contribution in [3.8, 4) is 6.07 Å². The Labute approximate surface area is 93.4 Å². The predicted molar refractivity (Wildman–Crippen MR) is 60.0 cm³/mol. The van der Waals surface area contributed by atoms with Gasteiger partial charge < -0.3 is 0 Å². The molecule has 0 spiro atoms. The lowest BCUT2D eigenvalue weighted by Crippen LogP contribution is -2.33. The quantitative estimate of drug-likeness (QED) is 0.816. The standard InChI is InChI=1S/C11H15N3O2/c1-7(2)8(3)5-14-6-9(4-12)10(15)13-11(14)16/h6-8H,5H2,1-3H3,(H,13,15,16). The maximum absolute atomic E-state index is 11.5. The lowest BCUT2D eigenvalue weighted by Gasteiger charge is -2.16. The smallest absolute Gasteiger partial charge is 0.299 e. The van der Waals surface area contributed by atoms with Gasteiger partial charge in [0.2, 0.25) is 0 Å². The Kier molecular flexibility index (Phi) is 3.67. The number of nitrogens with zero attached hydrogens (tertiary/aromatic N) is 2. The first-order valence-corrected chi connectivity index (χ1v) is 5.19. The molecule has 0 bridgehead atoms. The number of rotatable bonds is 3. The molecule has 0 radical (unpaired) electrons. The highest BCUT2D eigenvalue weighted by Gasteiger charge is 2.10. The Morgan fingerprint density at radius 2 is 2.06 bits per heavy atom. The minimum Gasteiger partial charge on any atom is -0.299 e. The molecule has 16 heavy (non-hydrogen) atoms. The average Bonchev–Trinajstić information content (AvgIpc) is 2.21. The molecule has 0 amide bonds. The Morgan fingerprint density at radius 1 is 1.44 bits per heavy atom. The molecule has 1 unspecified atom stereocenters. The van der Waals surface area contributed by atoms with Crippen LogP contribution >= 0.6 is 0 Å². The molecule has 0 aromatic carbocycles. The topological polar surface area (TPSA) is 78.7 Å². The van der Waals surface area contributed by atoms with Gasteiger partial charge in [0.1, 0.15) is 11.6 Å². The van der Waals surface area contributed by atoms with Crippen molar-refractivity contribution in [2.45, 2.75) is 27.3 Å². The minimum atomic E-state index is -0.624. The summed E-state index contributed by atoms with van der Waals surface area (Å²) < 4.78 is 1.38. The molecule has 5 nitrogen and oxygen atoms in total. The third kappa shape index (κ3) is 2.60. The summed E-state index contributed by atoms with van der Waals surface area (Å²) in [7, 11) is 0. The minimum absolute atomic E-state index is 0.0319. The van der Waals surface area contributed by atoms with Gasteiger partial charge in [-0.25, -0.2) is 4.79 Å². The highest BCUT2D eigenvalue weighted by atomic mass is 16.2. The van der Waals surface area contributed by atoms with E-state index in [2.05, 4.69) is 18.8 Å². The van der Waals surface area contributed by atoms with Crippen LogP contribution in [-0.4, -0.2) is 9.55 Å². The molecule has 1 N–H and O–H groups in total. The molecule has 0 aliphatic rings. The Morgan fingerprint density at radius 3 is 2.56 bits per heavy atom. The summed E-state index contributed by atoms with van der Waals surface area (Å²) in [6, 6.07) is 1.76. The van der Waals surface area contributed by atoms with Gasteiger partial charge in [-0.3, -0.25) is 14.3 Å². The van der Waals surface area contributed by atoms with Crippen molar-refractivity contribution in [2.75, 3.05) is 0 Å². The zero-order valence-corrected chi connectivity index (χ0v) is 9.65. The van der Waals surface area contributed by atoms with E-state index in [1.165, 1.54) is 10.8 Å². The summed E-state index contributed by atoms with van der Waals surface area (Å²) in [5, 5.41) is 8.69. The van der Waals surface area contributed by atoms with Gasteiger partial charge in [-0.05, 0) is 11.8 Å². The maximum atomic E-state index is 11.5. The lowest BCUT2D eigenvalue weighted by atomic mass is 9.98. The molecule has 1 atom stereocenters. The first kappa shape index (κ1) is 12.2. The highest BCUT2D eigenvalue weighted by molar-refractivity contribution is 5.21. The van der Waals surface area contributed by atoms with E-state index in [1.54, 1.807) is 6.07 Å². The Balaban J connectivity index is 3.12. The number of hydrogen-bond donors (Lipinski definition) is 1. The largest absolute Gasteiger partial charge is 0.328 e. The summed E-state index contributed by atoms with van der Waals surface area (Å²) in [4.78, 5) is 24.7. The van der Waals surface area contributed by atoms with E-state index in [-0.39, 0.29) is 5.56 Å². The zero-order valence-electron chi connectivity index (χ0n) is 9.65. The number of aromatic nitrogens is 2. The molecular weight excluding hydrogens is 206 g/mol. The van der Waals surface area contributed by atoms with Crippen molar-refractivity contribution in [1.82, 2.24) is 9.55 Å². The molecule has 0 aliphatic carbocycles. The van der Waals surface area contributed by atoms with Gasteiger partial charge in [0.15, 0.2) is 0 Å². The third-order valence-electron chi connectivity index (χ3n) is 2.75. The number of hydrogen-bond acceptors (Lipinski definition) is 3. The van der Waals surface area contributed by atoms with Gasteiger partial charge in [0.05, 0.1) is 0 Å². The molecule has 1 aromatic rings. The van der Waals surface area contributed by atoms with Gasteiger partial charge >= 0.3 is 5.69 Å². The van der Waals surface area contributed by atoms with Gasteiger partial charge in [-0.15, -0.1) is 0 Å². The Bertz CT molecular complexity index is 519. The maximum Gasteiger partial charge on any atom is 0.328 e. The normalized spacial score (nSPS) is 12.4. The summed E-state index contributed by atoms with van der Waals surface area (Å²) in [6.45, 7) is 6.65. The van der Waals surface area contributed by atoms with Gasteiger partial charge in [0.25, 0.3) is 5.56 Å². The van der Waals surface area contributed by atoms with Crippen LogP contribution in [0.4, 0.5) is 0 Å². The summed E-state index contributed by atoms with van der Waals surface area (Å²) in [5.41, 5.74) is -1.12. The van der Waals surface area contributed by atoms with Crippen LogP contribution < -0.4 is 11.2 Å². The van der Waals surface area contributed by atoms with Crippen LogP contribution in [0.1, 0.15) is 26.3 Å². The number of nitriles is 1. The first-order chi connectivity index (χ1) is 7.45. The van der Waals surface area contributed by atoms with Crippen LogP contribution in [0.2, 0.25) is 0 Å². The summed E-state index contributed by atoms with van der Waals surface area (Å²) in [6.07, 6.45) is 1.32. The third-order valence-corrected chi connectivity index (χ3v) is 2.75. The van der Waals surface area contributed by atoms with E-state index in [1.807, 2.05) is 6.92 Å². The van der Waals surface area contributed by atoms with Crippen LogP contribution in [0.5, 0.6) is 0 Å². The van der Waals surface area contributed by atoms with Crippen LogP contribution in [0.25, 0.3) is 0 Å². The van der Waals surface area contributed by atoms with Crippen molar-refractivity contribution in [1.29, 1.82) is 5.26 Å². The molecular formula is C11H15N3O2.